The molecule has 2 aliphatic heterocycles. The van der Waals surface area contributed by atoms with E-state index in [9.17, 15) is 14.4 Å². The number of amides is 3. The highest BCUT2D eigenvalue weighted by Crippen LogP contribution is 2.49. The zero-order valence-electron chi connectivity index (χ0n) is 19.4. The molecule has 1 saturated carbocycles. The first kappa shape index (κ1) is 22.6. The van der Waals surface area contributed by atoms with Gasteiger partial charge in [-0.3, -0.25) is 19.6 Å². The van der Waals surface area contributed by atoms with E-state index in [1.54, 1.807) is 11.0 Å². The summed E-state index contributed by atoms with van der Waals surface area (Å²) in [6.07, 6.45) is 6.42. The summed E-state index contributed by atoms with van der Waals surface area (Å²) in [7, 11) is 0. The molecule has 9 nitrogen and oxygen atoms in total. The largest absolute Gasteiger partial charge is 0.444 e. The summed E-state index contributed by atoms with van der Waals surface area (Å²) in [5, 5.41) is 6.88. The van der Waals surface area contributed by atoms with Gasteiger partial charge in [0.05, 0.1) is 0 Å². The van der Waals surface area contributed by atoms with E-state index in [1.807, 2.05) is 25.7 Å². The average molecular weight is 446 g/mol. The molecule has 3 fully saturated rings. The van der Waals surface area contributed by atoms with E-state index in [1.165, 1.54) is 6.42 Å². The second-order valence-electron chi connectivity index (χ2n) is 10.7. The summed E-state index contributed by atoms with van der Waals surface area (Å²) >= 11 is 0. The van der Waals surface area contributed by atoms with Crippen LogP contribution in [0.4, 0.5) is 4.79 Å². The maximum Gasteiger partial charge on any atom is 0.410 e. The Balaban J connectivity index is 1.49. The second-order valence-corrected chi connectivity index (χ2v) is 10.7. The molecule has 2 saturated heterocycles. The number of ether oxygens (including phenoxy) is 1. The predicted octanol–water partition coefficient (Wildman–Crippen LogP) is 2.78. The van der Waals surface area contributed by atoms with E-state index < -0.39 is 23.6 Å². The van der Waals surface area contributed by atoms with Gasteiger partial charge in [-0.2, -0.15) is 5.10 Å². The van der Waals surface area contributed by atoms with Crippen molar-refractivity contribution in [3.05, 3.63) is 17.5 Å². The van der Waals surface area contributed by atoms with Crippen LogP contribution in [-0.4, -0.2) is 69.2 Å². The molecule has 9 heteroatoms. The van der Waals surface area contributed by atoms with Gasteiger partial charge < -0.3 is 15.4 Å². The molecule has 2 unspecified atom stereocenters. The molecule has 3 N–H and O–H groups in total. The highest BCUT2D eigenvalue weighted by Gasteiger charge is 2.49. The lowest BCUT2D eigenvalue weighted by atomic mass is 9.63. The minimum absolute atomic E-state index is 0.00984. The van der Waals surface area contributed by atoms with Crippen molar-refractivity contribution in [2.75, 3.05) is 19.6 Å². The molecule has 2 atom stereocenters. The first-order valence-corrected chi connectivity index (χ1v) is 11.7. The van der Waals surface area contributed by atoms with E-state index in [-0.39, 0.29) is 22.9 Å². The fourth-order valence-corrected chi connectivity index (χ4v) is 5.32. The number of aromatic amines is 1. The van der Waals surface area contributed by atoms with Gasteiger partial charge >= 0.3 is 6.09 Å². The number of rotatable bonds is 3. The fourth-order valence-electron chi connectivity index (χ4n) is 5.32. The molecule has 1 aliphatic carbocycles. The number of aromatic nitrogens is 2. The maximum atomic E-state index is 13.6. The molecule has 3 amide bonds. The van der Waals surface area contributed by atoms with E-state index >= 15 is 0 Å². The Hall–Kier alpha value is -2.58. The summed E-state index contributed by atoms with van der Waals surface area (Å²) < 4.78 is 5.68. The van der Waals surface area contributed by atoms with Gasteiger partial charge in [0.2, 0.25) is 5.91 Å². The number of nitrogens with one attached hydrogen (secondary N) is 1. The highest BCUT2D eigenvalue weighted by atomic mass is 16.6. The van der Waals surface area contributed by atoms with Crippen molar-refractivity contribution in [3.8, 4) is 0 Å². The number of H-pyrrole nitrogens is 1. The molecular formula is C23H35N5O4. The van der Waals surface area contributed by atoms with Gasteiger partial charge in [-0.1, -0.05) is 6.42 Å². The quantitative estimate of drug-likeness (QED) is 0.741. The van der Waals surface area contributed by atoms with Gasteiger partial charge in [0, 0.05) is 31.2 Å². The first-order chi connectivity index (χ1) is 15.1. The molecule has 0 bridgehead atoms. The smallest absolute Gasteiger partial charge is 0.410 e. The lowest BCUT2D eigenvalue weighted by molar-refractivity contribution is -0.142. The number of hydrogen-bond acceptors (Lipinski definition) is 5. The van der Waals surface area contributed by atoms with Crippen LogP contribution in [0, 0.1) is 5.41 Å². The fraction of sp³-hybridized carbons (Fsp3) is 0.739. The third kappa shape index (κ3) is 4.61. The van der Waals surface area contributed by atoms with Crippen LogP contribution >= 0.6 is 0 Å². The van der Waals surface area contributed by atoms with Crippen molar-refractivity contribution in [1.29, 1.82) is 0 Å². The summed E-state index contributed by atoms with van der Waals surface area (Å²) in [4.78, 5) is 41.6. The van der Waals surface area contributed by atoms with Gasteiger partial charge in [0.25, 0.3) is 5.91 Å². The molecule has 1 aromatic heterocycles. The lowest BCUT2D eigenvalue weighted by Crippen LogP contribution is -2.60. The normalized spacial score (nSPS) is 25.3. The van der Waals surface area contributed by atoms with Gasteiger partial charge in [0.15, 0.2) is 0 Å². The van der Waals surface area contributed by atoms with Crippen molar-refractivity contribution in [3.63, 3.8) is 0 Å². The molecule has 176 valence electrons. The molecule has 3 aliphatic rings. The Kier molecular flexibility index (Phi) is 5.94. The van der Waals surface area contributed by atoms with Gasteiger partial charge in [0.1, 0.15) is 17.3 Å². The Morgan fingerprint density at radius 1 is 1.19 bits per heavy atom. The van der Waals surface area contributed by atoms with Crippen molar-refractivity contribution in [1.82, 2.24) is 20.0 Å². The highest BCUT2D eigenvalue weighted by molar-refractivity contribution is 5.90. The van der Waals surface area contributed by atoms with Gasteiger partial charge in [-0.05, 0) is 70.8 Å². The predicted molar refractivity (Wildman–Crippen MR) is 118 cm³/mol. The van der Waals surface area contributed by atoms with Crippen LogP contribution in [0.1, 0.15) is 87.8 Å². The standard InChI is InChI=1S/C23H35N5O4/c1-22(2,3)32-21(31)28-14-23(8-5-9-23)10-7-18(28)20(30)27-11-4-6-15(13-27)16-12-17(19(24)29)26-25-16/h12,15,18H,4-11,13-14H2,1-3H3,(H2,24,29)(H,25,26). The molecule has 4 rings (SSSR count). The summed E-state index contributed by atoms with van der Waals surface area (Å²) in [5.74, 6) is -0.523. The Labute approximate surface area is 189 Å². The van der Waals surface area contributed by atoms with Crippen molar-refractivity contribution >= 4 is 17.9 Å². The molecule has 0 radical (unpaired) electrons. The number of carbonyl (C=O) groups is 3. The number of hydrogen-bond donors (Lipinski definition) is 2. The molecule has 1 spiro atoms. The van der Waals surface area contributed by atoms with Crippen molar-refractivity contribution in [2.45, 2.75) is 83.3 Å². The van der Waals surface area contributed by atoms with Gasteiger partial charge in [-0.25, -0.2) is 4.79 Å². The number of nitrogens with zero attached hydrogens (tertiary/aromatic N) is 3. The van der Waals surface area contributed by atoms with Crippen LogP contribution in [0.15, 0.2) is 6.07 Å². The molecular weight excluding hydrogens is 410 g/mol. The molecule has 1 aromatic rings. The topological polar surface area (TPSA) is 122 Å². The van der Waals surface area contributed by atoms with E-state index in [0.29, 0.717) is 26.1 Å². The van der Waals surface area contributed by atoms with Crippen LogP contribution in [0.25, 0.3) is 0 Å². The van der Waals surface area contributed by atoms with E-state index in [0.717, 1.165) is 37.8 Å². The lowest BCUT2D eigenvalue weighted by Gasteiger charge is -2.52. The third-order valence-corrected chi connectivity index (χ3v) is 7.18. The zero-order chi connectivity index (χ0) is 23.1. The van der Waals surface area contributed by atoms with Crippen LogP contribution in [0.3, 0.4) is 0 Å². The number of carbonyl (C=O) groups excluding carboxylic acids is 3. The Bertz CT molecular complexity index is 885. The Morgan fingerprint density at radius 3 is 2.53 bits per heavy atom. The van der Waals surface area contributed by atoms with Crippen LogP contribution in [0.2, 0.25) is 0 Å². The van der Waals surface area contributed by atoms with Crippen LogP contribution in [-0.2, 0) is 9.53 Å². The number of nitrogens with two attached hydrogens (primary N) is 1. The minimum atomic E-state index is -0.607. The maximum absolute atomic E-state index is 13.6. The molecule has 3 heterocycles. The van der Waals surface area contributed by atoms with Crippen LogP contribution in [0.5, 0.6) is 0 Å². The summed E-state index contributed by atoms with van der Waals surface area (Å²) in [6.45, 7) is 7.34. The monoisotopic (exact) mass is 445 g/mol. The summed E-state index contributed by atoms with van der Waals surface area (Å²) in [6, 6.07) is 1.19. The minimum Gasteiger partial charge on any atom is -0.444 e. The average Bonchev–Trinajstić information content (AvgIpc) is 3.21. The first-order valence-electron chi connectivity index (χ1n) is 11.7. The van der Waals surface area contributed by atoms with Gasteiger partial charge in [-0.15, -0.1) is 0 Å². The van der Waals surface area contributed by atoms with Crippen molar-refractivity contribution < 1.29 is 19.1 Å². The molecule has 0 aromatic carbocycles. The third-order valence-electron chi connectivity index (χ3n) is 7.18. The van der Waals surface area contributed by atoms with Crippen LogP contribution < -0.4 is 5.73 Å². The number of primary amides is 1. The van der Waals surface area contributed by atoms with Crippen molar-refractivity contribution in [2.24, 2.45) is 11.1 Å². The number of piperidine rings is 2. The zero-order valence-corrected chi connectivity index (χ0v) is 19.4. The molecule has 32 heavy (non-hydrogen) atoms. The summed E-state index contributed by atoms with van der Waals surface area (Å²) in [5.41, 5.74) is 5.89. The SMILES string of the molecule is CC(C)(C)OC(=O)N1CC2(CCC2)CCC1C(=O)N1CCCC(c2cc(C(N)=O)n[nH]2)C1. The second kappa shape index (κ2) is 8.41. The number of likely N-dealkylation sites (tertiary alicyclic amines) is 2. The van der Waals surface area contributed by atoms with E-state index in [4.69, 9.17) is 10.5 Å². The Morgan fingerprint density at radius 2 is 1.94 bits per heavy atom. The van der Waals surface area contributed by atoms with E-state index in [2.05, 4.69) is 10.2 Å².